The zero-order chi connectivity index (χ0) is 9.97. The van der Waals surface area contributed by atoms with Crippen LogP contribution in [0.3, 0.4) is 0 Å². The Hall–Kier alpha value is -0.960. The van der Waals surface area contributed by atoms with Crippen LogP contribution < -0.4 is 0 Å². The molecular weight excluding hydrogens is 196 g/mol. The maximum atomic E-state index is 11.1. The fraction of sp³-hybridized carbons (Fsp3) is 0.364. The van der Waals surface area contributed by atoms with Crippen molar-refractivity contribution in [3.8, 4) is 0 Å². The molecule has 0 saturated heterocycles. The van der Waals surface area contributed by atoms with E-state index in [9.17, 15) is 4.79 Å². The maximum Gasteiger partial charge on any atom is 0.309 e. The van der Waals surface area contributed by atoms with Crippen molar-refractivity contribution in [3.05, 3.63) is 29.3 Å². The van der Waals surface area contributed by atoms with E-state index in [4.69, 9.17) is 0 Å². The molecule has 1 aromatic carbocycles. The monoisotopic (exact) mass is 208 g/mol. The van der Waals surface area contributed by atoms with Gasteiger partial charge in [0.25, 0.3) is 0 Å². The van der Waals surface area contributed by atoms with Crippen LogP contribution in [0.25, 0.3) is 0 Å². The van der Waals surface area contributed by atoms with Gasteiger partial charge in [0.2, 0.25) is 0 Å². The molecule has 1 heterocycles. The largest absolute Gasteiger partial charge is 0.469 e. The molecule has 14 heavy (non-hydrogen) atoms. The van der Waals surface area contributed by atoms with Crippen LogP contribution in [0, 0.1) is 0 Å². The Bertz CT molecular complexity index is 360. The molecule has 1 aliphatic rings. The number of benzene rings is 1. The van der Waals surface area contributed by atoms with Crippen LogP contribution in [0.1, 0.15) is 11.1 Å². The number of methoxy groups -OCH3 is 1. The van der Waals surface area contributed by atoms with Gasteiger partial charge in [-0.15, -0.1) is 11.8 Å². The summed E-state index contributed by atoms with van der Waals surface area (Å²) in [6.07, 6.45) is 1.50. The molecule has 0 bridgehead atoms. The lowest BCUT2D eigenvalue weighted by Gasteiger charge is -2.02. The Balaban J connectivity index is 2.16. The van der Waals surface area contributed by atoms with Crippen molar-refractivity contribution >= 4 is 17.7 Å². The molecular formula is C11H12O2S. The van der Waals surface area contributed by atoms with Crippen molar-refractivity contribution < 1.29 is 9.53 Å². The van der Waals surface area contributed by atoms with Gasteiger partial charge in [-0.2, -0.15) is 0 Å². The molecule has 0 radical (unpaired) electrons. The van der Waals surface area contributed by atoms with Crippen LogP contribution in [0.5, 0.6) is 0 Å². The van der Waals surface area contributed by atoms with E-state index in [0.29, 0.717) is 6.42 Å². The smallest absolute Gasteiger partial charge is 0.309 e. The number of ether oxygens (including phenoxy) is 1. The van der Waals surface area contributed by atoms with Crippen LogP contribution in [0.2, 0.25) is 0 Å². The van der Waals surface area contributed by atoms with E-state index >= 15 is 0 Å². The fourth-order valence-corrected chi connectivity index (χ4v) is 2.64. The number of hydrogen-bond donors (Lipinski definition) is 0. The van der Waals surface area contributed by atoms with Gasteiger partial charge in [0.1, 0.15) is 0 Å². The van der Waals surface area contributed by atoms with Crippen LogP contribution in [0.15, 0.2) is 23.1 Å². The standard InChI is InChI=1S/C11H12O2S/c1-13-11(12)7-8-2-3-10-9(6-8)4-5-14-10/h2-3,6H,4-5,7H2,1H3. The quantitative estimate of drug-likeness (QED) is 0.696. The average molecular weight is 208 g/mol. The third-order valence-corrected chi connectivity index (χ3v) is 3.45. The van der Waals surface area contributed by atoms with E-state index in [1.807, 2.05) is 17.8 Å². The number of fused-ring (bicyclic) bond motifs is 1. The Kier molecular flexibility index (Phi) is 2.77. The Morgan fingerprint density at radius 2 is 2.43 bits per heavy atom. The second-order valence-corrected chi connectivity index (χ2v) is 4.43. The SMILES string of the molecule is COC(=O)Cc1ccc2c(c1)CCS2. The summed E-state index contributed by atoms with van der Waals surface area (Å²) in [4.78, 5) is 12.4. The third kappa shape index (κ3) is 1.93. The molecule has 0 fully saturated rings. The number of thioether (sulfide) groups is 1. The summed E-state index contributed by atoms with van der Waals surface area (Å²) in [5, 5.41) is 0. The highest BCUT2D eigenvalue weighted by molar-refractivity contribution is 7.99. The maximum absolute atomic E-state index is 11.1. The van der Waals surface area contributed by atoms with E-state index < -0.39 is 0 Å². The topological polar surface area (TPSA) is 26.3 Å². The van der Waals surface area contributed by atoms with Gasteiger partial charge in [-0.3, -0.25) is 4.79 Å². The summed E-state index contributed by atoms with van der Waals surface area (Å²) in [5.74, 6) is 0.993. The normalized spacial score (nSPS) is 13.8. The predicted octanol–water partition coefficient (Wildman–Crippen LogP) is 2.05. The molecule has 0 N–H and O–H groups in total. The van der Waals surface area contributed by atoms with E-state index in [0.717, 1.165) is 17.7 Å². The average Bonchev–Trinajstić information content (AvgIpc) is 2.64. The second kappa shape index (κ2) is 4.05. The first kappa shape index (κ1) is 9.59. The van der Waals surface area contributed by atoms with Crippen LogP contribution in [-0.2, 0) is 22.4 Å². The van der Waals surface area contributed by atoms with Gasteiger partial charge in [0.15, 0.2) is 0 Å². The molecule has 3 heteroatoms. The van der Waals surface area contributed by atoms with E-state index in [1.165, 1.54) is 17.6 Å². The first-order valence-corrected chi connectivity index (χ1v) is 5.59. The van der Waals surface area contributed by atoms with Crippen molar-refractivity contribution in [2.45, 2.75) is 17.7 Å². The molecule has 0 aromatic heterocycles. The zero-order valence-corrected chi connectivity index (χ0v) is 8.89. The zero-order valence-electron chi connectivity index (χ0n) is 8.08. The number of rotatable bonds is 2. The van der Waals surface area contributed by atoms with Gasteiger partial charge in [-0.1, -0.05) is 12.1 Å². The Morgan fingerprint density at radius 1 is 1.57 bits per heavy atom. The summed E-state index contributed by atoms with van der Waals surface area (Å²) in [6, 6.07) is 6.23. The molecule has 0 unspecified atom stereocenters. The first-order chi connectivity index (χ1) is 6.79. The minimum atomic E-state index is -0.171. The van der Waals surface area contributed by atoms with E-state index in [1.54, 1.807) is 0 Å². The molecule has 2 rings (SSSR count). The highest BCUT2D eigenvalue weighted by Crippen LogP contribution is 2.31. The molecule has 1 aliphatic heterocycles. The molecule has 74 valence electrons. The van der Waals surface area contributed by atoms with Gasteiger partial charge < -0.3 is 4.74 Å². The highest BCUT2D eigenvalue weighted by Gasteiger charge is 2.12. The minimum Gasteiger partial charge on any atom is -0.469 e. The fourth-order valence-electron chi connectivity index (χ4n) is 1.59. The molecule has 0 saturated carbocycles. The molecule has 0 spiro atoms. The number of carbonyl (C=O) groups is 1. The van der Waals surface area contributed by atoms with Gasteiger partial charge in [0.05, 0.1) is 13.5 Å². The number of esters is 1. The molecule has 0 amide bonds. The Labute approximate surface area is 87.6 Å². The molecule has 2 nitrogen and oxygen atoms in total. The van der Waals surface area contributed by atoms with Crippen LogP contribution in [0.4, 0.5) is 0 Å². The van der Waals surface area contributed by atoms with Crippen molar-refractivity contribution in [2.24, 2.45) is 0 Å². The third-order valence-electron chi connectivity index (χ3n) is 2.33. The first-order valence-electron chi connectivity index (χ1n) is 4.61. The van der Waals surface area contributed by atoms with E-state index in [2.05, 4.69) is 16.9 Å². The van der Waals surface area contributed by atoms with Crippen molar-refractivity contribution in [1.29, 1.82) is 0 Å². The second-order valence-electron chi connectivity index (χ2n) is 3.29. The van der Waals surface area contributed by atoms with Crippen molar-refractivity contribution in [3.63, 3.8) is 0 Å². The number of carbonyl (C=O) groups excluding carboxylic acids is 1. The number of hydrogen-bond acceptors (Lipinski definition) is 3. The summed E-state index contributed by atoms with van der Waals surface area (Å²) < 4.78 is 4.63. The summed E-state index contributed by atoms with van der Waals surface area (Å²) in [6.45, 7) is 0. The lowest BCUT2D eigenvalue weighted by Crippen LogP contribution is -2.04. The van der Waals surface area contributed by atoms with E-state index in [-0.39, 0.29) is 5.97 Å². The molecule has 1 aromatic rings. The lowest BCUT2D eigenvalue weighted by atomic mass is 10.1. The number of aryl methyl sites for hydroxylation is 1. The Morgan fingerprint density at radius 3 is 3.21 bits per heavy atom. The molecule has 0 aliphatic carbocycles. The van der Waals surface area contributed by atoms with Gasteiger partial charge in [0, 0.05) is 10.6 Å². The summed E-state index contributed by atoms with van der Waals surface area (Å²) >= 11 is 1.89. The lowest BCUT2D eigenvalue weighted by molar-refractivity contribution is -0.139. The van der Waals surface area contributed by atoms with Gasteiger partial charge >= 0.3 is 5.97 Å². The minimum absolute atomic E-state index is 0.171. The summed E-state index contributed by atoms with van der Waals surface area (Å²) in [5.41, 5.74) is 2.43. The molecule has 0 atom stereocenters. The summed E-state index contributed by atoms with van der Waals surface area (Å²) in [7, 11) is 1.42. The van der Waals surface area contributed by atoms with Gasteiger partial charge in [-0.25, -0.2) is 0 Å². The van der Waals surface area contributed by atoms with Crippen molar-refractivity contribution in [2.75, 3.05) is 12.9 Å². The predicted molar refractivity (Wildman–Crippen MR) is 56.6 cm³/mol. The van der Waals surface area contributed by atoms with Crippen molar-refractivity contribution in [1.82, 2.24) is 0 Å². The van der Waals surface area contributed by atoms with Crippen LogP contribution in [-0.4, -0.2) is 18.8 Å². The highest BCUT2D eigenvalue weighted by atomic mass is 32.2. The van der Waals surface area contributed by atoms with Crippen LogP contribution >= 0.6 is 11.8 Å². The van der Waals surface area contributed by atoms with Gasteiger partial charge in [-0.05, 0) is 23.6 Å².